The Balaban J connectivity index is 0.00000240. The quantitative estimate of drug-likeness (QED) is 0.535. The fourth-order valence-electron chi connectivity index (χ4n) is 3.28. The van der Waals surface area contributed by atoms with Crippen LogP contribution in [0.25, 0.3) is 0 Å². The maximum absolute atomic E-state index is 5.90. The number of hydrazone groups is 1. The Hall–Kier alpha value is -2.82. The van der Waals surface area contributed by atoms with E-state index in [0.29, 0.717) is 0 Å². The Morgan fingerprint density at radius 1 is 0.759 bits per heavy atom. The van der Waals surface area contributed by atoms with Crippen molar-refractivity contribution in [3.8, 4) is 11.5 Å². The van der Waals surface area contributed by atoms with Crippen molar-refractivity contribution in [2.45, 2.75) is 6.54 Å². The molecule has 0 aliphatic carbocycles. The van der Waals surface area contributed by atoms with Crippen LogP contribution in [0.4, 0.5) is 0 Å². The molecule has 1 aliphatic rings. The Kier molecular flexibility index (Phi) is 7.68. The van der Waals surface area contributed by atoms with Gasteiger partial charge in [-0.05, 0) is 35.4 Å². The maximum atomic E-state index is 5.90. The van der Waals surface area contributed by atoms with Crippen molar-refractivity contribution in [1.82, 2.24) is 9.91 Å². The molecular weight excluding hydrogens is 382 g/mol. The first-order valence-electron chi connectivity index (χ1n) is 9.73. The molecule has 1 heterocycles. The molecule has 3 aromatic carbocycles. The number of piperazine rings is 1. The van der Waals surface area contributed by atoms with Crippen molar-refractivity contribution in [1.29, 1.82) is 0 Å². The van der Waals surface area contributed by atoms with E-state index < -0.39 is 0 Å². The number of para-hydroxylation sites is 1. The third kappa shape index (κ3) is 6.34. The van der Waals surface area contributed by atoms with E-state index in [1.165, 1.54) is 5.56 Å². The predicted octanol–water partition coefficient (Wildman–Crippen LogP) is 5.05. The number of benzene rings is 3. The second-order valence-corrected chi connectivity index (χ2v) is 6.95. The fraction of sp³-hybridized carbons (Fsp3) is 0.208. The smallest absolute Gasteiger partial charge is 0.128 e. The summed E-state index contributed by atoms with van der Waals surface area (Å²) in [5, 5.41) is 6.81. The van der Waals surface area contributed by atoms with Gasteiger partial charge < -0.3 is 4.74 Å². The summed E-state index contributed by atoms with van der Waals surface area (Å²) < 4.78 is 5.90. The number of hydrogen-bond donors (Lipinski definition) is 0. The molecule has 0 amide bonds. The molecule has 1 aliphatic heterocycles. The summed E-state index contributed by atoms with van der Waals surface area (Å²) in [4.78, 5) is 2.48. The first-order valence-corrected chi connectivity index (χ1v) is 9.73. The number of rotatable bonds is 6. The fourth-order valence-corrected chi connectivity index (χ4v) is 3.28. The monoisotopic (exact) mass is 407 g/mol. The van der Waals surface area contributed by atoms with Gasteiger partial charge in [-0.2, -0.15) is 5.10 Å². The molecule has 29 heavy (non-hydrogen) atoms. The van der Waals surface area contributed by atoms with Crippen LogP contribution in [-0.4, -0.2) is 42.3 Å². The minimum absolute atomic E-state index is 0. The molecule has 1 fully saturated rings. The minimum Gasteiger partial charge on any atom is -0.457 e. The Labute approximate surface area is 178 Å². The molecule has 5 heteroatoms. The predicted molar refractivity (Wildman–Crippen MR) is 121 cm³/mol. The van der Waals surface area contributed by atoms with Crippen LogP contribution in [0.2, 0.25) is 0 Å². The Morgan fingerprint density at radius 2 is 1.41 bits per heavy atom. The van der Waals surface area contributed by atoms with Crippen LogP contribution in [0.3, 0.4) is 0 Å². The van der Waals surface area contributed by atoms with Crippen LogP contribution in [0.15, 0.2) is 90.0 Å². The van der Waals surface area contributed by atoms with Gasteiger partial charge in [0.25, 0.3) is 0 Å². The van der Waals surface area contributed by atoms with Crippen molar-refractivity contribution >= 4 is 18.6 Å². The van der Waals surface area contributed by atoms with Gasteiger partial charge in [-0.25, -0.2) is 0 Å². The zero-order valence-corrected chi connectivity index (χ0v) is 17.2. The van der Waals surface area contributed by atoms with E-state index in [0.717, 1.165) is 49.8 Å². The summed E-state index contributed by atoms with van der Waals surface area (Å²) in [7, 11) is 0. The zero-order chi connectivity index (χ0) is 19.0. The third-order valence-electron chi connectivity index (χ3n) is 4.80. The van der Waals surface area contributed by atoms with E-state index in [1.807, 2.05) is 60.8 Å². The lowest BCUT2D eigenvalue weighted by atomic mass is 10.2. The lowest BCUT2D eigenvalue weighted by molar-refractivity contribution is 0.131. The number of halogens is 1. The highest BCUT2D eigenvalue weighted by atomic mass is 35.5. The molecule has 0 N–H and O–H groups in total. The average molecular weight is 408 g/mol. The van der Waals surface area contributed by atoms with E-state index in [-0.39, 0.29) is 12.4 Å². The summed E-state index contributed by atoms with van der Waals surface area (Å²) >= 11 is 0. The average Bonchev–Trinajstić information content (AvgIpc) is 2.75. The van der Waals surface area contributed by atoms with Crippen molar-refractivity contribution < 1.29 is 4.74 Å². The van der Waals surface area contributed by atoms with Crippen molar-refractivity contribution in [3.63, 3.8) is 0 Å². The molecule has 1 saturated heterocycles. The summed E-state index contributed by atoms with van der Waals surface area (Å²) in [6.07, 6.45) is 1.92. The van der Waals surface area contributed by atoms with Gasteiger partial charge in [0.1, 0.15) is 11.5 Å². The van der Waals surface area contributed by atoms with E-state index in [1.54, 1.807) is 0 Å². The summed E-state index contributed by atoms with van der Waals surface area (Å²) in [5.74, 6) is 1.66. The van der Waals surface area contributed by atoms with Crippen LogP contribution >= 0.6 is 12.4 Å². The third-order valence-corrected chi connectivity index (χ3v) is 4.80. The van der Waals surface area contributed by atoms with E-state index in [9.17, 15) is 0 Å². The van der Waals surface area contributed by atoms with E-state index in [2.05, 4.69) is 45.3 Å². The molecule has 3 aromatic rings. The zero-order valence-electron chi connectivity index (χ0n) is 16.4. The second kappa shape index (κ2) is 10.6. The van der Waals surface area contributed by atoms with Gasteiger partial charge >= 0.3 is 0 Å². The van der Waals surface area contributed by atoms with Crippen LogP contribution in [-0.2, 0) is 6.54 Å². The van der Waals surface area contributed by atoms with Crippen LogP contribution in [0.5, 0.6) is 11.5 Å². The number of ether oxygens (including phenoxy) is 1. The Bertz CT molecular complexity index is 894. The summed E-state index contributed by atoms with van der Waals surface area (Å²) in [6, 6.07) is 28.5. The van der Waals surface area contributed by atoms with Gasteiger partial charge in [-0.3, -0.25) is 9.91 Å². The van der Waals surface area contributed by atoms with Gasteiger partial charge in [0.05, 0.1) is 6.21 Å². The number of nitrogens with zero attached hydrogens (tertiary/aromatic N) is 3. The molecule has 0 aromatic heterocycles. The minimum atomic E-state index is 0. The van der Waals surface area contributed by atoms with Crippen molar-refractivity contribution in [3.05, 3.63) is 96.1 Å². The van der Waals surface area contributed by atoms with Gasteiger partial charge in [0.15, 0.2) is 0 Å². The summed E-state index contributed by atoms with van der Waals surface area (Å²) in [5.41, 5.74) is 2.41. The van der Waals surface area contributed by atoms with Crippen LogP contribution < -0.4 is 4.74 Å². The topological polar surface area (TPSA) is 28.1 Å². The van der Waals surface area contributed by atoms with Gasteiger partial charge in [-0.15, -0.1) is 12.4 Å². The molecule has 0 saturated carbocycles. The standard InChI is InChI=1S/C24H25N3O.ClH/c1-3-8-21(9-4-1)20-26-14-16-27(17-15-26)25-19-22-10-7-13-24(18-22)28-23-11-5-2-6-12-23;/h1-13,18-19H,14-17,20H2;1H/b25-19+;. The first kappa shape index (κ1) is 20.9. The second-order valence-electron chi connectivity index (χ2n) is 6.95. The highest BCUT2D eigenvalue weighted by molar-refractivity contribution is 5.85. The first-order chi connectivity index (χ1) is 13.8. The number of hydrogen-bond acceptors (Lipinski definition) is 4. The van der Waals surface area contributed by atoms with E-state index in [4.69, 9.17) is 4.74 Å². The lowest BCUT2D eigenvalue weighted by Crippen LogP contribution is -2.43. The Morgan fingerprint density at radius 3 is 2.14 bits per heavy atom. The van der Waals surface area contributed by atoms with Gasteiger partial charge in [-0.1, -0.05) is 60.7 Å². The van der Waals surface area contributed by atoms with Crippen LogP contribution in [0, 0.1) is 0 Å². The maximum Gasteiger partial charge on any atom is 0.128 e. The van der Waals surface area contributed by atoms with Gasteiger partial charge in [0, 0.05) is 32.7 Å². The van der Waals surface area contributed by atoms with E-state index >= 15 is 0 Å². The largest absolute Gasteiger partial charge is 0.457 e. The molecule has 0 radical (unpaired) electrons. The highest BCUT2D eigenvalue weighted by Gasteiger charge is 2.15. The molecule has 0 unspecified atom stereocenters. The SMILES string of the molecule is C(=N\N1CCN(Cc2ccccc2)CC1)/c1cccc(Oc2ccccc2)c1.Cl. The molecule has 0 spiro atoms. The lowest BCUT2D eigenvalue weighted by Gasteiger charge is -2.33. The van der Waals surface area contributed by atoms with Crippen molar-refractivity contribution in [2.24, 2.45) is 5.10 Å². The van der Waals surface area contributed by atoms with Crippen molar-refractivity contribution in [2.75, 3.05) is 26.2 Å². The molecule has 150 valence electrons. The normalized spacial score (nSPS) is 14.6. The van der Waals surface area contributed by atoms with Crippen LogP contribution in [0.1, 0.15) is 11.1 Å². The summed E-state index contributed by atoms with van der Waals surface area (Å²) in [6.45, 7) is 4.97. The molecule has 4 nitrogen and oxygen atoms in total. The highest BCUT2D eigenvalue weighted by Crippen LogP contribution is 2.21. The molecule has 4 rings (SSSR count). The molecule has 0 atom stereocenters. The molecule has 0 bridgehead atoms. The molecular formula is C24H26ClN3O. The van der Waals surface area contributed by atoms with Gasteiger partial charge in [0.2, 0.25) is 0 Å².